The van der Waals surface area contributed by atoms with Gasteiger partial charge in [0.15, 0.2) is 12.1 Å². The summed E-state index contributed by atoms with van der Waals surface area (Å²) in [5.41, 5.74) is -0.443. The van der Waals surface area contributed by atoms with E-state index in [1.807, 2.05) is 45.6 Å². The third-order valence-corrected chi connectivity index (χ3v) is 6.33. The van der Waals surface area contributed by atoms with Gasteiger partial charge in [-0.1, -0.05) is 19.0 Å². The van der Waals surface area contributed by atoms with Gasteiger partial charge in [0.2, 0.25) is 0 Å². The van der Waals surface area contributed by atoms with Crippen LogP contribution in [0.4, 0.5) is 10.6 Å². The van der Waals surface area contributed by atoms with Crippen LogP contribution in [0, 0.1) is 17.8 Å². The zero-order valence-corrected chi connectivity index (χ0v) is 19.8. The second kappa shape index (κ2) is 9.77. The van der Waals surface area contributed by atoms with Crippen LogP contribution in [0.3, 0.4) is 0 Å². The summed E-state index contributed by atoms with van der Waals surface area (Å²) in [6.07, 6.45) is 2.15. The smallest absolute Gasteiger partial charge is 0.410 e. The normalized spacial score (nSPS) is 20.6. The van der Waals surface area contributed by atoms with Crippen LogP contribution in [0.15, 0.2) is 10.6 Å². The van der Waals surface area contributed by atoms with Crippen LogP contribution in [0.25, 0.3) is 0 Å². The number of nitrogens with zero attached hydrogens (tertiary/aromatic N) is 3. The van der Waals surface area contributed by atoms with Crippen molar-refractivity contribution in [1.82, 2.24) is 10.1 Å². The molecule has 0 saturated carbocycles. The Morgan fingerprint density at radius 2 is 1.90 bits per heavy atom. The van der Waals surface area contributed by atoms with Crippen molar-refractivity contribution in [3.63, 3.8) is 0 Å². The first kappa shape index (κ1) is 23.9. The van der Waals surface area contributed by atoms with Gasteiger partial charge in [0, 0.05) is 39.4 Å². The molecule has 0 aromatic carbocycles. The van der Waals surface area contributed by atoms with E-state index in [0.29, 0.717) is 17.6 Å². The minimum absolute atomic E-state index is 0.173. The van der Waals surface area contributed by atoms with Crippen LogP contribution in [-0.2, 0) is 9.47 Å². The zero-order valence-electron chi connectivity index (χ0n) is 19.8. The van der Waals surface area contributed by atoms with Crippen molar-refractivity contribution in [2.24, 2.45) is 17.8 Å². The molecule has 2 unspecified atom stereocenters. The topological polar surface area (TPSA) is 88.3 Å². The molecule has 1 N–H and O–H groups in total. The molecule has 3 heterocycles. The lowest BCUT2D eigenvalue weighted by atomic mass is 9.83. The van der Waals surface area contributed by atoms with Gasteiger partial charge < -0.3 is 28.9 Å². The van der Waals surface area contributed by atoms with Crippen molar-refractivity contribution in [3.05, 3.63) is 11.8 Å². The highest BCUT2D eigenvalue weighted by atomic mass is 16.6. The molecule has 176 valence electrons. The van der Waals surface area contributed by atoms with E-state index in [-0.39, 0.29) is 17.9 Å². The number of anilines is 1. The SMILES string of the molecule is COC(O)C(c1cc(N2CC(CC3CCN(C(=O)OC(C)(C)C)CC3)C2)no1)C(C)C. The molecule has 0 bridgehead atoms. The quantitative estimate of drug-likeness (QED) is 0.648. The van der Waals surface area contributed by atoms with E-state index < -0.39 is 11.9 Å². The summed E-state index contributed by atoms with van der Waals surface area (Å²) >= 11 is 0. The monoisotopic (exact) mass is 437 g/mol. The number of likely N-dealkylation sites (tertiary alicyclic amines) is 1. The lowest BCUT2D eigenvalue weighted by molar-refractivity contribution is -0.105. The molecule has 1 aromatic heterocycles. The first-order valence-corrected chi connectivity index (χ1v) is 11.5. The lowest BCUT2D eigenvalue weighted by Gasteiger charge is -2.42. The van der Waals surface area contributed by atoms with Crippen molar-refractivity contribution in [3.8, 4) is 0 Å². The maximum absolute atomic E-state index is 12.2. The summed E-state index contributed by atoms with van der Waals surface area (Å²) in [6.45, 7) is 13.3. The number of carbonyl (C=O) groups is 1. The Bertz CT molecular complexity index is 715. The third kappa shape index (κ3) is 6.13. The highest BCUT2D eigenvalue weighted by Gasteiger charge is 2.35. The number of hydrogen-bond donors (Lipinski definition) is 1. The van der Waals surface area contributed by atoms with Crippen molar-refractivity contribution >= 4 is 11.9 Å². The molecule has 2 fully saturated rings. The minimum Gasteiger partial charge on any atom is -0.444 e. The second-order valence-electron chi connectivity index (χ2n) is 10.4. The number of rotatable bonds is 7. The van der Waals surface area contributed by atoms with Crippen molar-refractivity contribution < 1.29 is 23.9 Å². The number of amides is 1. The molecule has 31 heavy (non-hydrogen) atoms. The maximum Gasteiger partial charge on any atom is 0.410 e. The average Bonchev–Trinajstić information content (AvgIpc) is 3.11. The Kier molecular flexibility index (Phi) is 7.52. The van der Waals surface area contributed by atoms with E-state index in [1.54, 1.807) is 0 Å². The number of hydrogen-bond acceptors (Lipinski definition) is 7. The minimum atomic E-state index is -0.906. The van der Waals surface area contributed by atoms with E-state index in [9.17, 15) is 9.90 Å². The first-order valence-electron chi connectivity index (χ1n) is 11.5. The molecule has 0 radical (unpaired) electrons. The highest BCUT2D eigenvalue weighted by Crippen LogP contribution is 2.35. The Hall–Kier alpha value is -1.80. The Labute approximate surface area is 185 Å². The summed E-state index contributed by atoms with van der Waals surface area (Å²) in [4.78, 5) is 16.3. The van der Waals surface area contributed by atoms with Crippen molar-refractivity contribution in [2.75, 3.05) is 38.2 Å². The van der Waals surface area contributed by atoms with Gasteiger partial charge >= 0.3 is 6.09 Å². The van der Waals surface area contributed by atoms with Crippen LogP contribution in [0.2, 0.25) is 0 Å². The number of methoxy groups -OCH3 is 1. The van der Waals surface area contributed by atoms with Crippen molar-refractivity contribution in [2.45, 2.75) is 71.7 Å². The fraction of sp³-hybridized carbons (Fsp3) is 0.826. The van der Waals surface area contributed by atoms with E-state index >= 15 is 0 Å². The summed E-state index contributed by atoms with van der Waals surface area (Å²) in [5, 5.41) is 14.4. The van der Waals surface area contributed by atoms with Gasteiger partial charge in [0.05, 0.1) is 5.92 Å². The van der Waals surface area contributed by atoms with Crippen LogP contribution in [0.5, 0.6) is 0 Å². The number of aromatic nitrogens is 1. The molecule has 3 rings (SSSR count). The number of piperidine rings is 1. The second-order valence-corrected chi connectivity index (χ2v) is 10.4. The molecule has 2 aliphatic rings. The number of aliphatic hydroxyl groups excluding tert-OH is 1. The molecular weight excluding hydrogens is 398 g/mol. The lowest BCUT2D eigenvalue weighted by Crippen LogP contribution is -2.48. The highest BCUT2D eigenvalue weighted by molar-refractivity contribution is 5.68. The number of ether oxygens (including phenoxy) is 2. The predicted octanol–water partition coefficient (Wildman–Crippen LogP) is 3.85. The molecular formula is C23H39N3O5. The van der Waals surface area contributed by atoms with Crippen LogP contribution in [-0.4, -0.2) is 66.4 Å². The fourth-order valence-electron chi connectivity index (χ4n) is 4.59. The Balaban J connectivity index is 1.43. The summed E-state index contributed by atoms with van der Waals surface area (Å²) < 4.78 is 16.1. The Morgan fingerprint density at radius 1 is 1.26 bits per heavy atom. The molecule has 2 saturated heterocycles. The number of aliphatic hydroxyl groups is 1. The molecule has 2 atom stereocenters. The van der Waals surface area contributed by atoms with Gasteiger partial charge in [0.1, 0.15) is 11.4 Å². The molecule has 0 spiro atoms. The molecule has 8 heteroatoms. The van der Waals surface area contributed by atoms with Crippen LogP contribution < -0.4 is 4.90 Å². The Morgan fingerprint density at radius 3 is 2.45 bits per heavy atom. The fourth-order valence-corrected chi connectivity index (χ4v) is 4.59. The van der Waals surface area contributed by atoms with E-state index in [0.717, 1.165) is 44.8 Å². The van der Waals surface area contributed by atoms with E-state index in [1.165, 1.54) is 13.5 Å². The van der Waals surface area contributed by atoms with Crippen LogP contribution in [0.1, 0.15) is 65.6 Å². The van der Waals surface area contributed by atoms with Crippen LogP contribution >= 0.6 is 0 Å². The van der Waals surface area contributed by atoms with Gasteiger partial charge in [-0.05, 0) is 57.8 Å². The molecule has 0 aliphatic carbocycles. The first-order chi connectivity index (χ1) is 14.6. The van der Waals surface area contributed by atoms with E-state index in [2.05, 4.69) is 10.1 Å². The predicted molar refractivity (Wildman–Crippen MR) is 118 cm³/mol. The molecule has 1 aromatic rings. The third-order valence-electron chi connectivity index (χ3n) is 6.33. The van der Waals surface area contributed by atoms with Gasteiger partial charge in [-0.15, -0.1) is 0 Å². The largest absolute Gasteiger partial charge is 0.444 e. The van der Waals surface area contributed by atoms with Crippen molar-refractivity contribution in [1.29, 1.82) is 0 Å². The van der Waals surface area contributed by atoms with Gasteiger partial charge in [-0.3, -0.25) is 0 Å². The standard InChI is InChI=1S/C23H39N3O5/c1-15(2)20(21(27)29-6)18-12-19(24-31-18)26-13-17(14-26)11-16-7-9-25(10-8-16)22(28)30-23(3,4)5/h12,15-17,20-21,27H,7-11,13-14H2,1-6H3. The summed E-state index contributed by atoms with van der Waals surface area (Å²) in [6, 6.07) is 1.93. The van der Waals surface area contributed by atoms with Gasteiger partial charge in [-0.25, -0.2) is 4.79 Å². The van der Waals surface area contributed by atoms with Gasteiger partial charge in [-0.2, -0.15) is 0 Å². The molecule has 2 aliphatic heterocycles. The maximum atomic E-state index is 12.2. The summed E-state index contributed by atoms with van der Waals surface area (Å²) in [7, 11) is 1.50. The summed E-state index contributed by atoms with van der Waals surface area (Å²) in [5.74, 6) is 2.73. The van der Waals surface area contributed by atoms with E-state index in [4.69, 9.17) is 14.0 Å². The molecule has 8 nitrogen and oxygen atoms in total. The number of carbonyl (C=O) groups excluding carboxylic acids is 1. The zero-order chi connectivity index (χ0) is 22.8. The van der Waals surface area contributed by atoms with Gasteiger partial charge in [0.25, 0.3) is 0 Å². The average molecular weight is 438 g/mol. The molecule has 1 amide bonds.